The van der Waals surface area contributed by atoms with Gasteiger partial charge in [0, 0.05) is 13.1 Å². The molecule has 1 fully saturated rings. The summed E-state index contributed by atoms with van der Waals surface area (Å²) in [7, 11) is 0. The topological polar surface area (TPSA) is 23.5 Å². The van der Waals surface area contributed by atoms with Gasteiger partial charge in [-0.3, -0.25) is 0 Å². The summed E-state index contributed by atoms with van der Waals surface area (Å²) in [5.74, 6) is 0.506. The van der Waals surface area contributed by atoms with E-state index in [2.05, 4.69) is 11.5 Å². The van der Waals surface area contributed by atoms with Gasteiger partial charge in [-0.25, -0.2) is 0 Å². The molecule has 0 radical (unpaired) electrons. The minimum absolute atomic E-state index is 0.137. The zero-order chi connectivity index (χ0) is 8.27. The predicted molar refractivity (Wildman–Crippen MR) is 46.2 cm³/mol. The van der Waals surface area contributed by atoms with Crippen molar-refractivity contribution >= 4 is 0 Å². The number of hydrogen-bond donors (Lipinski definition) is 1. The maximum Gasteiger partial charge on any atom is 0.0541 e. The average Bonchev–Trinajstić information content (AvgIpc) is 2.05. The molecule has 1 heterocycles. The van der Waals surface area contributed by atoms with Gasteiger partial charge in [0.25, 0.3) is 0 Å². The van der Waals surface area contributed by atoms with Crippen molar-refractivity contribution in [2.24, 2.45) is 5.92 Å². The van der Waals surface area contributed by atoms with Crippen molar-refractivity contribution in [2.45, 2.75) is 25.9 Å². The Bertz CT molecular complexity index is 126. The van der Waals surface area contributed by atoms with Gasteiger partial charge in [0.05, 0.1) is 6.10 Å². The highest BCUT2D eigenvalue weighted by atomic mass is 16.3. The third kappa shape index (κ3) is 2.22. The van der Waals surface area contributed by atoms with Gasteiger partial charge < -0.3 is 10.0 Å². The van der Waals surface area contributed by atoms with Crippen molar-refractivity contribution in [2.75, 3.05) is 13.1 Å². The van der Waals surface area contributed by atoms with E-state index in [9.17, 15) is 5.11 Å². The molecule has 0 aliphatic carbocycles. The predicted octanol–water partition coefficient (Wildman–Crippen LogP) is 1.22. The zero-order valence-electron chi connectivity index (χ0n) is 7.16. The summed E-state index contributed by atoms with van der Waals surface area (Å²) < 4.78 is 0. The molecule has 1 aliphatic rings. The summed E-state index contributed by atoms with van der Waals surface area (Å²) >= 11 is 0. The van der Waals surface area contributed by atoms with E-state index in [0.717, 1.165) is 25.9 Å². The van der Waals surface area contributed by atoms with Crippen molar-refractivity contribution in [1.29, 1.82) is 0 Å². The van der Waals surface area contributed by atoms with Crippen LogP contribution >= 0.6 is 0 Å². The number of aliphatic hydroxyl groups excluding tert-OH is 1. The summed E-state index contributed by atoms with van der Waals surface area (Å²) in [6.07, 6.45) is 3.95. The highest BCUT2D eigenvalue weighted by Gasteiger charge is 2.20. The van der Waals surface area contributed by atoms with Crippen LogP contribution in [0.3, 0.4) is 0 Å². The highest BCUT2D eigenvalue weighted by molar-refractivity contribution is 4.80. The second-order valence-corrected chi connectivity index (χ2v) is 3.30. The van der Waals surface area contributed by atoms with E-state index in [1.807, 2.05) is 13.1 Å². The molecular weight excluding hydrogens is 138 g/mol. The molecule has 1 aliphatic heterocycles. The first kappa shape index (κ1) is 8.60. The summed E-state index contributed by atoms with van der Waals surface area (Å²) in [5.41, 5.74) is 0. The van der Waals surface area contributed by atoms with Crippen LogP contribution in [0.4, 0.5) is 0 Å². The Hall–Kier alpha value is -0.500. The Morgan fingerprint density at radius 1 is 1.55 bits per heavy atom. The minimum atomic E-state index is -0.137. The molecule has 64 valence electrons. The molecule has 0 bridgehead atoms. The van der Waals surface area contributed by atoms with Crippen molar-refractivity contribution in [3.8, 4) is 0 Å². The third-order valence-electron chi connectivity index (χ3n) is 2.51. The summed E-state index contributed by atoms with van der Waals surface area (Å²) in [4.78, 5) is 2.21. The first-order valence-corrected chi connectivity index (χ1v) is 4.28. The lowest BCUT2D eigenvalue weighted by atomic mass is 9.92. The highest BCUT2D eigenvalue weighted by Crippen LogP contribution is 2.19. The number of hydrogen-bond acceptors (Lipinski definition) is 2. The molecule has 2 heteroatoms. The van der Waals surface area contributed by atoms with E-state index in [1.165, 1.54) is 0 Å². The zero-order valence-corrected chi connectivity index (χ0v) is 7.16. The first-order valence-electron chi connectivity index (χ1n) is 4.28. The van der Waals surface area contributed by atoms with E-state index in [0.29, 0.717) is 5.92 Å². The quantitative estimate of drug-likeness (QED) is 0.648. The molecule has 0 amide bonds. The van der Waals surface area contributed by atoms with Crippen LogP contribution in [0, 0.1) is 5.92 Å². The number of rotatable bonds is 2. The molecule has 1 rings (SSSR count). The smallest absolute Gasteiger partial charge is 0.0541 e. The van der Waals surface area contributed by atoms with Crippen molar-refractivity contribution in [3.63, 3.8) is 0 Å². The fourth-order valence-electron chi connectivity index (χ4n) is 1.58. The Morgan fingerprint density at radius 2 is 2.09 bits per heavy atom. The molecule has 0 aromatic rings. The molecule has 0 aromatic carbocycles. The molecule has 0 saturated carbocycles. The van der Waals surface area contributed by atoms with Gasteiger partial charge in [-0.2, -0.15) is 0 Å². The van der Waals surface area contributed by atoms with E-state index in [4.69, 9.17) is 0 Å². The van der Waals surface area contributed by atoms with Crippen molar-refractivity contribution in [3.05, 3.63) is 12.8 Å². The molecule has 2 nitrogen and oxygen atoms in total. The fraction of sp³-hybridized carbons (Fsp3) is 0.778. The van der Waals surface area contributed by atoms with Crippen LogP contribution in [-0.2, 0) is 0 Å². The summed E-state index contributed by atoms with van der Waals surface area (Å²) in [5, 5.41) is 9.29. The summed E-state index contributed by atoms with van der Waals surface area (Å²) in [6, 6.07) is 0. The van der Waals surface area contributed by atoms with Crippen LogP contribution < -0.4 is 0 Å². The van der Waals surface area contributed by atoms with E-state index in [-0.39, 0.29) is 6.10 Å². The molecule has 1 unspecified atom stereocenters. The second-order valence-electron chi connectivity index (χ2n) is 3.30. The Kier molecular flexibility index (Phi) is 2.94. The maximum atomic E-state index is 9.29. The molecule has 0 aromatic heterocycles. The first-order chi connectivity index (χ1) is 5.24. The molecule has 1 saturated heterocycles. The van der Waals surface area contributed by atoms with Crippen LogP contribution in [0.1, 0.15) is 19.8 Å². The van der Waals surface area contributed by atoms with Crippen LogP contribution in [0.15, 0.2) is 12.8 Å². The van der Waals surface area contributed by atoms with Gasteiger partial charge in [-0.05, 0) is 31.9 Å². The van der Waals surface area contributed by atoms with Gasteiger partial charge >= 0.3 is 0 Å². The van der Waals surface area contributed by atoms with Crippen LogP contribution in [0.5, 0.6) is 0 Å². The average molecular weight is 155 g/mol. The molecular formula is C9H17NO. The number of piperidine rings is 1. The van der Waals surface area contributed by atoms with Gasteiger partial charge in [-0.1, -0.05) is 6.58 Å². The van der Waals surface area contributed by atoms with Gasteiger partial charge in [0.15, 0.2) is 0 Å². The SMILES string of the molecule is C=CN1CCC(C(C)O)CC1. The van der Waals surface area contributed by atoms with Crippen LogP contribution in [0.2, 0.25) is 0 Å². The van der Waals surface area contributed by atoms with Crippen molar-refractivity contribution in [1.82, 2.24) is 4.90 Å². The lowest BCUT2D eigenvalue weighted by molar-refractivity contribution is 0.0848. The standard InChI is InChI=1S/C9H17NO/c1-3-10-6-4-9(5-7-10)8(2)11/h3,8-9,11H,1,4-7H2,2H3. The minimum Gasteiger partial charge on any atom is -0.393 e. The normalized spacial score (nSPS) is 23.3. The van der Waals surface area contributed by atoms with E-state index >= 15 is 0 Å². The van der Waals surface area contributed by atoms with Crippen molar-refractivity contribution < 1.29 is 5.11 Å². The number of likely N-dealkylation sites (tertiary alicyclic amines) is 1. The van der Waals surface area contributed by atoms with E-state index in [1.54, 1.807) is 0 Å². The Morgan fingerprint density at radius 3 is 2.45 bits per heavy atom. The molecule has 1 atom stereocenters. The lowest BCUT2D eigenvalue weighted by Gasteiger charge is -2.32. The molecule has 0 spiro atoms. The van der Waals surface area contributed by atoms with E-state index < -0.39 is 0 Å². The second kappa shape index (κ2) is 3.77. The fourth-order valence-corrected chi connectivity index (χ4v) is 1.58. The number of nitrogens with zero attached hydrogens (tertiary/aromatic N) is 1. The van der Waals surface area contributed by atoms with Gasteiger partial charge in [0.2, 0.25) is 0 Å². The monoisotopic (exact) mass is 155 g/mol. The van der Waals surface area contributed by atoms with Gasteiger partial charge in [-0.15, -0.1) is 0 Å². The third-order valence-corrected chi connectivity index (χ3v) is 2.51. The lowest BCUT2D eigenvalue weighted by Crippen LogP contribution is -2.33. The molecule has 11 heavy (non-hydrogen) atoms. The van der Waals surface area contributed by atoms with Crippen LogP contribution in [0.25, 0.3) is 0 Å². The van der Waals surface area contributed by atoms with Gasteiger partial charge in [0.1, 0.15) is 0 Å². The Labute approximate surface area is 68.5 Å². The molecule has 1 N–H and O–H groups in total. The van der Waals surface area contributed by atoms with Crippen LogP contribution in [-0.4, -0.2) is 29.2 Å². The maximum absolute atomic E-state index is 9.29. The largest absolute Gasteiger partial charge is 0.393 e. The number of aliphatic hydroxyl groups is 1. The summed E-state index contributed by atoms with van der Waals surface area (Å²) in [6.45, 7) is 7.71. The Balaban J connectivity index is 2.29.